The van der Waals surface area contributed by atoms with Crippen LogP contribution in [0.1, 0.15) is 15.9 Å². The molecule has 0 amide bonds. The molecule has 1 heterocycles. The van der Waals surface area contributed by atoms with E-state index in [0.717, 1.165) is 5.56 Å². The van der Waals surface area contributed by atoms with Crippen LogP contribution in [-0.4, -0.2) is 22.1 Å². The molecule has 4 nitrogen and oxygen atoms in total. The van der Waals surface area contributed by atoms with E-state index in [4.69, 9.17) is 9.84 Å². The molecule has 0 spiro atoms. The molecule has 0 fully saturated rings. The number of ether oxygens (including phenoxy) is 1. The van der Waals surface area contributed by atoms with Gasteiger partial charge in [-0.1, -0.05) is 12.1 Å². The molecule has 0 unspecified atom stereocenters. The van der Waals surface area contributed by atoms with Crippen molar-refractivity contribution >= 4 is 5.78 Å². The van der Waals surface area contributed by atoms with Crippen molar-refractivity contribution in [2.24, 2.45) is 7.05 Å². The number of carbonyl (C=O) groups is 1. The molecule has 2 rings (SSSR count). The minimum atomic E-state index is -0.0539. The van der Waals surface area contributed by atoms with Crippen LogP contribution in [0.15, 0.2) is 42.7 Å². The molecule has 2 aromatic rings. The molecule has 0 radical (unpaired) electrons. The van der Waals surface area contributed by atoms with E-state index < -0.39 is 0 Å². The van der Waals surface area contributed by atoms with Gasteiger partial charge in [-0.3, -0.25) is 4.79 Å². The number of Topliss-reactive ketones (excluding diaryl/α,β-unsaturated/α-hetero) is 1. The number of aryl methyl sites for hydroxylation is 1. The lowest BCUT2D eigenvalue weighted by Gasteiger charge is -2.05. The predicted molar refractivity (Wildman–Crippen MR) is 67.6 cm³/mol. The Balaban J connectivity index is 1.92. The molecular weight excluding hydrogens is 230 g/mol. The molecule has 4 heteroatoms. The molecule has 1 N–H and O–H groups in total. The number of ketones is 1. The van der Waals surface area contributed by atoms with Crippen LogP contribution in [0.25, 0.3) is 0 Å². The van der Waals surface area contributed by atoms with Gasteiger partial charge in [0.1, 0.15) is 5.75 Å². The first-order valence-electron chi connectivity index (χ1n) is 5.67. The van der Waals surface area contributed by atoms with Gasteiger partial charge in [-0.05, 0) is 23.8 Å². The van der Waals surface area contributed by atoms with Crippen molar-refractivity contribution in [3.63, 3.8) is 0 Å². The van der Waals surface area contributed by atoms with Crippen LogP contribution < -0.4 is 4.74 Å². The molecule has 0 saturated carbocycles. The third-order valence-corrected chi connectivity index (χ3v) is 2.63. The van der Waals surface area contributed by atoms with E-state index in [2.05, 4.69) is 0 Å². The second-order valence-corrected chi connectivity index (χ2v) is 4.08. The van der Waals surface area contributed by atoms with Crippen molar-refractivity contribution in [1.82, 2.24) is 4.57 Å². The topological polar surface area (TPSA) is 51.5 Å². The Morgan fingerprint density at radius 2 is 2.00 bits per heavy atom. The average Bonchev–Trinajstić information content (AvgIpc) is 2.83. The smallest absolute Gasteiger partial charge is 0.201 e. The van der Waals surface area contributed by atoms with Gasteiger partial charge in [0, 0.05) is 25.0 Å². The zero-order chi connectivity index (χ0) is 13.0. The molecule has 94 valence electrons. The minimum Gasteiger partial charge on any atom is -0.485 e. The fraction of sp³-hybridized carbons (Fsp3) is 0.214. The SMILES string of the molecule is Cn1ccc(C(=O)COc2ccc(CO)cc2)c1. The molecule has 0 saturated heterocycles. The summed E-state index contributed by atoms with van der Waals surface area (Å²) < 4.78 is 7.21. The Bertz CT molecular complexity index is 528. The summed E-state index contributed by atoms with van der Waals surface area (Å²) in [6.07, 6.45) is 3.59. The molecular formula is C14H15NO3. The molecule has 0 aliphatic heterocycles. The van der Waals surface area contributed by atoms with Gasteiger partial charge in [-0.25, -0.2) is 0 Å². The van der Waals surface area contributed by atoms with Crippen molar-refractivity contribution in [2.75, 3.05) is 6.61 Å². The van der Waals surface area contributed by atoms with Crippen LogP contribution >= 0.6 is 0 Å². The highest BCUT2D eigenvalue weighted by Gasteiger charge is 2.07. The number of rotatable bonds is 5. The molecule has 0 atom stereocenters. The lowest BCUT2D eigenvalue weighted by molar-refractivity contribution is 0.0921. The summed E-state index contributed by atoms with van der Waals surface area (Å²) in [5, 5.41) is 8.90. The largest absolute Gasteiger partial charge is 0.485 e. The molecule has 18 heavy (non-hydrogen) atoms. The van der Waals surface area contributed by atoms with Crippen LogP contribution in [0.3, 0.4) is 0 Å². The zero-order valence-electron chi connectivity index (χ0n) is 10.2. The molecule has 1 aromatic carbocycles. The Morgan fingerprint density at radius 3 is 2.56 bits per heavy atom. The van der Waals surface area contributed by atoms with Crippen molar-refractivity contribution in [3.8, 4) is 5.75 Å². The maximum Gasteiger partial charge on any atom is 0.201 e. The van der Waals surface area contributed by atoms with Crippen LogP contribution in [0.5, 0.6) is 5.75 Å². The summed E-state index contributed by atoms with van der Waals surface area (Å²) in [5.74, 6) is 0.568. The Labute approximate surface area is 105 Å². The second-order valence-electron chi connectivity index (χ2n) is 4.08. The normalized spacial score (nSPS) is 10.3. The summed E-state index contributed by atoms with van der Waals surface area (Å²) in [4.78, 5) is 11.8. The number of hydrogen-bond donors (Lipinski definition) is 1. The number of hydrogen-bond acceptors (Lipinski definition) is 3. The third kappa shape index (κ3) is 2.99. The first-order chi connectivity index (χ1) is 8.69. The van der Waals surface area contributed by atoms with Gasteiger partial charge in [0.15, 0.2) is 6.61 Å². The Morgan fingerprint density at radius 1 is 1.28 bits per heavy atom. The molecule has 0 aliphatic rings. The van der Waals surface area contributed by atoms with Crippen LogP contribution in [0.2, 0.25) is 0 Å². The fourth-order valence-electron chi connectivity index (χ4n) is 1.59. The number of aromatic nitrogens is 1. The Kier molecular flexibility index (Phi) is 3.79. The minimum absolute atomic E-state index is 0.00320. The maximum absolute atomic E-state index is 11.8. The first kappa shape index (κ1) is 12.4. The lowest BCUT2D eigenvalue weighted by Crippen LogP contribution is -2.10. The van der Waals surface area contributed by atoms with Gasteiger partial charge in [-0.2, -0.15) is 0 Å². The van der Waals surface area contributed by atoms with Gasteiger partial charge in [0.2, 0.25) is 5.78 Å². The van der Waals surface area contributed by atoms with E-state index in [9.17, 15) is 4.79 Å². The second kappa shape index (κ2) is 5.51. The summed E-state index contributed by atoms with van der Waals surface area (Å²) in [7, 11) is 1.87. The first-order valence-corrected chi connectivity index (χ1v) is 5.67. The van der Waals surface area contributed by atoms with Crippen molar-refractivity contribution < 1.29 is 14.6 Å². The molecule has 0 bridgehead atoms. The molecule has 1 aromatic heterocycles. The summed E-state index contributed by atoms with van der Waals surface area (Å²) >= 11 is 0. The fourth-order valence-corrected chi connectivity index (χ4v) is 1.59. The Hall–Kier alpha value is -2.07. The van der Waals surface area contributed by atoms with Crippen molar-refractivity contribution in [1.29, 1.82) is 0 Å². The maximum atomic E-state index is 11.8. The van der Waals surface area contributed by atoms with E-state index in [1.807, 2.05) is 17.8 Å². The highest BCUT2D eigenvalue weighted by Crippen LogP contribution is 2.12. The van der Waals surface area contributed by atoms with Crippen LogP contribution in [0.4, 0.5) is 0 Å². The summed E-state index contributed by atoms with van der Waals surface area (Å²) in [5.41, 5.74) is 1.46. The van der Waals surface area contributed by atoms with Crippen LogP contribution in [-0.2, 0) is 13.7 Å². The number of aliphatic hydroxyl groups is 1. The highest BCUT2D eigenvalue weighted by atomic mass is 16.5. The highest BCUT2D eigenvalue weighted by molar-refractivity contribution is 5.97. The lowest BCUT2D eigenvalue weighted by atomic mass is 10.2. The number of benzene rings is 1. The van der Waals surface area contributed by atoms with Gasteiger partial charge in [0.05, 0.1) is 6.61 Å². The van der Waals surface area contributed by atoms with Crippen molar-refractivity contribution in [2.45, 2.75) is 6.61 Å². The monoisotopic (exact) mass is 245 g/mol. The standard InChI is InChI=1S/C14H15NO3/c1-15-7-6-12(8-15)14(17)10-18-13-4-2-11(9-16)3-5-13/h2-8,16H,9-10H2,1H3. The average molecular weight is 245 g/mol. The third-order valence-electron chi connectivity index (χ3n) is 2.63. The number of carbonyl (C=O) groups excluding carboxylic acids is 1. The van der Waals surface area contributed by atoms with Gasteiger partial charge in [0.25, 0.3) is 0 Å². The van der Waals surface area contributed by atoms with E-state index in [-0.39, 0.29) is 19.0 Å². The van der Waals surface area contributed by atoms with Crippen molar-refractivity contribution in [3.05, 3.63) is 53.9 Å². The van der Waals surface area contributed by atoms with Gasteiger partial charge >= 0.3 is 0 Å². The van der Waals surface area contributed by atoms with E-state index in [1.54, 1.807) is 36.5 Å². The van der Waals surface area contributed by atoms with Gasteiger partial charge < -0.3 is 14.4 Å². The number of aliphatic hydroxyl groups excluding tert-OH is 1. The van der Waals surface area contributed by atoms with E-state index >= 15 is 0 Å². The number of nitrogens with zero attached hydrogens (tertiary/aromatic N) is 1. The van der Waals surface area contributed by atoms with E-state index in [1.165, 1.54) is 0 Å². The summed E-state index contributed by atoms with van der Waals surface area (Å²) in [6.45, 7) is 0.0196. The zero-order valence-corrected chi connectivity index (χ0v) is 10.2. The van der Waals surface area contributed by atoms with E-state index in [0.29, 0.717) is 11.3 Å². The predicted octanol–water partition coefficient (Wildman–Crippen LogP) is 1.78. The summed E-state index contributed by atoms with van der Waals surface area (Å²) in [6, 6.07) is 8.78. The van der Waals surface area contributed by atoms with Gasteiger partial charge in [-0.15, -0.1) is 0 Å². The van der Waals surface area contributed by atoms with Crippen LogP contribution in [0, 0.1) is 0 Å². The molecule has 0 aliphatic carbocycles. The quantitative estimate of drug-likeness (QED) is 0.817.